The van der Waals surface area contributed by atoms with Crippen molar-refractivity contribution in [3.8, 4) is 6.07 Å². The number of nitrogens with one attached hydrogen (secondary N) is 4. The molecule has 0 saturated carbocycles. The first-order valence-electron chi connectivity index (χ1n) is 24.0. The van der Waals surface area contributed by atoms with Gasteiger partial charge in [-0.15, -0.1) is 0 Å². The van der Waals surface area contributed by atoms with Gasteiger partial charge in [0.2, 0.25) is 5.91 Å². The molecule has 3 fully saturated rings. The summed E-state index contributed by atoms with van der Waals surface area (Å²) in [5.74, 6) is 9.73. The fourth-order valence-corrected chi connectivity index (χ4v) is 11.3. The fraction of sp³-hybridized carbons (Fsp3) is 0.407. The molecule has 2 aromatic heterocycles. The lowest BCUT2D eigenvalue weighted by Gasteiger charge is -2.44. The summed E-state index contributed by atoms with van der Waals surface area (Å²) >= 11 is 0. The maximum Gasteiger partial charge on any atom is 0.220 e. The number of carbonyl (C=O) groups excluding carboxylic acids is 6. The average Bonchev–Trinajstić information content (AvgIpc) is 3.94. The summed E-state index contributed by atoms with van der Waals surface area (Å²) in [6.45, 7) is 14.0. The zero-order valence-electron chi connectivity index (χ0n) is 39.3. The highest BCUT2D eigenvalue weighted by molar-refractivity contribution is 6.10. The number of rotatable bonds is 12. The largest absolute Gasteiger partial charge is 0.383 e. The topological polar surface area (TPSA) is 193 Å². The van der Waals surface area contributed by atoms with Crippen LogP contribution in [-0.4, -0.2) is 120 Å². The number of aromatic amines is 1. The Labute approximate surface area is 399 Å². The Morgan fingerprint density at radius 3 is 2.33 bits per heavy atom. The predicted molar refractivity (Wildman–Crippen MR) is 264 cm³/mol. The van der Waals surface area contributed by atoms with Gasteiger partial charge in [0.25, 0.3) is 0 Å². The number of piperazine rings is 1. The molecule has 0 spiro atoms. The van der Waals surface area contributed by atoms with E-state index in [1.807, 2.05) is 24.0 Å². The van der Waals surface area contributed by atoms with Gasteiger partial charge in [-0.3, -0.25) is 9.69 Å². The number of hydrogen-bond donors (Lipinski definition) is 4. The Balaban J connectivity index is 0.743. The molecule has 15 nitrogen and oxygen atoms in total. The van der Waals surface area contributed by atoms with Crippen LogP contribution in [-0.2, 0) is 40.6 Å². The molecule has 1 atom stereocenters. The highest BCUT2D eigenvalue weighted by atomic mass is 16.1. The van der Waals surface area contributed by atoms with Crippen LogP contribution in [0.4, 0.5) is 11.4 Å². The third-order valence-corrected chi connectivity index (χ3v) is 14.9. The van der Waals surface area contributed by atoms with Crippen molar-refractivity contribution in [2.75, 3.05) is 69.1 Å². The van der Waals surface area contributed by atoms with Crippen molar-refractivity contribution in [3.05, 3.63) is 104 Å². The molecule has 69 heavy (non-hydrogen) atoms. The lowest BCUT2D eigenvalue weighted by atomic mass is 9.69. The number of benzene rings is 3. The summed E-state index contributed by atoms with van der Waals surface area (Å²) in [4.78, 5) is 84.5. The molecule has 0 bridgehead atoms. The summed E-state index contributed by atoms with van der Waals surface area (Å²) in [5, 5.41) is 20.5. The zero-order chi connectivity index (χ0) is 48.4. The maximum absolute atomic E-state index is 12.9. The number of amides is 1. The van der Waals surface area contributed by atoms with E-state index in [9.17, 15) is 34.0 Å². The van der Waals surface area contributed by atoms with Gasteiger partial charge in [-0.1, -0.05) is 39.0 Å². The number of hydrogen-bond acceptors (Lipinski definition) is 12. The molecule has 3 saturated heterocycles. The van der Waals surface area contributed by atoms with Crippen LogP contribution in [0.1, 0.15) is 98.8 Å². The number of nitrogens with zero attached hydrogens (tertiary/aromatic N) is 5. The minimum absolute atomic E-state index is 0.0125. The van der Waals surface area contributed by atoms with Crippen molar-refractivity contribution in [2.45, 2.75) is 83.2 Å². The maximum atomic E-state index is 12.9. The average molecular weight is 926 g/mol. The highest BCUT2D eigenvalue weighted by Gasteiger charge is 2.40. The van der Waals surface area contributed by atoms with Crippen LogP contribution >= 0.6 is 0 Å². The molecule has 5 heterocycles. The minimum atomic E-state index is -0.755. The second kappa shape index (κ2) is 19.6. The van der Waals surface area contributed by atoms with Crippen molar-refractivity contribution >= 4 is 74.2 Å². The second-order valence-electron chi connectivity index (χ2n) is 19.0. The molecule has 352 valence electrons. The Morgan fingerprint density at radius 2 is 1.64 bits per heavy atom. The van der Waals surface area contributed by atoms with Gasteiger partial charge in [0, 0.05) is 121 Å². The quantitative estimate of drug-likeness (QED) is 0.106. The van der Waals surface area contributed by atoms with Gasteiger partial charge in [-0.05, 0) is 85.7 Å². The molecule has 1 unspecified atom stereocenters. The van der Waals surface area contributed by atoms with Crippen LogP contribution in [0.5, 0.6) is 0 Å². The van der Waals surface area contributed by atoms with Crippen LogP contribution in [0.25, 0.3) is 27.2 Å². The monoisotopic (exact) mass is 925 g/mol. The molecule has 4 aliphatic rings. The summed E-state index contributed by atoms with van der Waals surface area (Å²) in [6.07, 6.45) is 4.67. The van der Waals surface area contributed by atoms with E-state index in [1.165, 1.54) is 15.8 Å². The molecule has 1 aliphatic carbocycles. The van der Waals surface area contributed by atoms with Gasteiger partial charge in [0.15, 0.2) is 11.9 Å². The van der Waals surface area contributed by atoms with E-state index in [0.717, 1.165) is 105 Å². The number of piperidine rings is 2. The fourth-order valence-electron chi connectivity index (χ4n) is 11.3. The van der Waals surface area contributed by atoms with Crippen molar-refractivity contribution in [1.82, 2.24) is 30.0 Å². The first kappa shape index (κ1) is 46.6. The van der Waals surface area contributed by atoms with E-state index in [4.69, 9.17) is 0 Å². The Hall–Kier alpha value is -7.47. The SMILES string of the molecule is CCc1cc2c(cc1N1CCC(N3CCN(CCCC(=O)NCCNc4cccc5c(=C=O)n(C6CCC(=C=O)NC6=C=O)c(=C=O)c45)CC3)CC1)C(C)(C)c1[nH]c3cc(C#N)ccc3c1C2=C=O. The lowest BCUT2D eigenvalue weighted by Crippen LogP contribution is -2.53. The molecule has 9 rings (SSSR count). The van der Waals surface area contributed by atoms with Gasteiger partial charge >= 0.3 is 0 Å². The van der Waals surface area contributed by atoms with Crippen LogP contribution in [0.15, 0.2) is 59.9 Å². The van der Waals surface area contributed by atoms with E-state index in [1.54, 1.807) is 36.1 Å². The van der Waals surface area contributed by atoms with Gasteiger partial charge in [-0.2, -0.15) is 5.26 Å². The van der Waals surface area contributed by atoms with Crippen LogP contribution in [0.2, 0.25) is 0 Å². The number of anilines is 2. The van der Waals surface area contributed by atoms with Crippen molar-refractivity contribution < 1.29 is 28.8 Å². The number of allylic oxidation sites excluding steroid dienone is 2. The number of H-pyrrole nitrogens is 1. The molecule has 4 N–H and O–H groups in total. The number of carbonyl (C=O) groups is 1. The summed E-state index contributed by atoms with van der Waals surface area (Å²) in [6, 6.07) is 17.3. The van der Waals surface area contributed by atoms with Gasteiger partial charge in [-0.25, -0.2) is 24.0 Å². The Bertz CT molecular complexity index is 3260. The number of nitriles is 1. The first-order chi connectivity index (χ1) is 33.6. The summed E-state index contributed by atoms with van der Waals surface area (Å²) < 4.78 is 1.43. The normalized spacial score (nSPS) is 18.3. The predicted octanol–water partition coefficient (Wildman–Crippen LogP) is 3.42. The van der Waals surface area contributed by atoms with Crippen molar-refractivity contribution in [3.63, 3.8) is 0 Å². The Morgan fingerprint density at radius 1 is 0.855 bits per heavy atom. The Kier molecular flexibility index (Phi) is 13.3. The molecule has 15 heteroatoms. The highest BCUT2D eigenvalue weighted by Crippen LogP contribution is 2.50. The van der Waals surface area contributed by atoms with E-state index < -0.39 is 11.5 Å². The van der Waals surface area contributed by atoms with Crippen LogP contribution in [0, 0.1) is 11.3 Å². The molecule has 3 aromatic carbocycles. The number of fused-ring (bicyclic) bond motifs is 5. The minimum Gasteiger partial charge on any atom is -0.383 e. The summed E-state index contributed by atoms with van der Waals surface area (Å²) in [7, 11) is 0. The third kappa shape index (κ3) is 8.57. The molecule has 1 amide bonds. The molecule has 5 aromatic rings. The van der Waals surface area contributed by atoms with Gasteiger partial charge < -0.3 is 35.3 Å². The molecule has 0 radical (unpaired) electrons. The van der Waals surface area contributed by atoms with Crippen LogP contribution in [0.3, 0.4) is 0 Å². The van der Waals surface area contributed by atoms with Crippen LogP contribution < -0.4 is 31.5 Å². The first-order valence-corrected chi connectivity index (χ1v) is 24.0. The molecular formula is C54H55N9O6. The zero-order valence-corrected chi connectivity index (χ0v) is 39.3. The van der Waals surface area contributed by atoms with Gasteiger partial charge in [0.05, 0.1) is 23.2 Å². The van der Waals surface area contributed by atoms with E-state index >= 15 is 0 Å². The van der Waals surface area contributed by atoms with E-state index in [-0.39, 0.29) is 40.8 Å². The second-order valence-corrected chi connectivity index (χ2v) is 19.0. The van der Waals surface area contributed by atoms with E-state index in [0.29, 0.717) is 53.1 Å². The molecular weight excluding hydrogens is 871 g/mol. The smallest absolute Gasteiger partial charge is 0.220 e. The molecule has 3 aliphatic heterocycles. The lowest BCUT2D eigenvalue weighted by molar-refractivity contribution is -0.121. The standard InChI is InChI=1S/C54H55N9O6/c1-4-35-26-40-41(30-65)51-38-12-10-34(28-55)25-44(38)59-53(51)54(2,3)42(40)27-47(35)62-19-14-37(15-20-62)61-23-21-60(22-24-61)18-6-9-50(69)57-17-16-56-43-8-5-7-39-48(32-67)63(49(33-68)52(39)43)46-13-11-36(29-64)58-45(46)31-66/h5,7-8,10,12,25-27,37,46,56,58-59H,4,6,9,11,13-24H2,1-3H3,(H,57,69). The summed E-state index contributed by atoms with van der Waals surface area (Å²) in [5.41, 5.74) is 8.74. The number of aryl methyl sites for hydroxylation is 1. The van der Waals surface area contributed by atoms with E-state index in [2.05, 4.69) is 80.5 Å². The number of aromatic nitrogens is 2. The van der Waals surface area contributed by atoms with Crippen molar-refractivity contribution in [2.24, 2.45) is 0 Å². The van der Waals surface area contributed by atoms with Crippen molar-refractivity contribution in [1.29, 1.82) is 5.26 Å². The van der Waals surface area contributed by atoms with Gasteiger partial charge in [0.1, 0.15) is 39.9 Å². The third-order valence-electron chi connectivity index (χ3n) is 14.9.